The molecule has 1 aliphatic heterocycles. The highest BCUT2D eigenvalue weighted by atomic mass is 16.2. The average Bonchev–Trinajstić information content (AvgIpc) is 3.02. The zero-order chi connectivity index (χ0) is 13.9. The number of aromatic nitrogens is 3. The number of hydrogen-bond donors (Lipinski definition) is 2. The van der Waals surface area contributed by atoms with E-state index in [-0.39, 0.29) is 5.91 Å². The zero-order valence-electron chi connectivity index (χ0n) is 11.0. The van der Waals surface area contributed by atoms with Crippen LogP contribution in [-0.4, -0.2) is 52.2 Å². The molecule has 2 aromatic heterocycles. The van der Waals surface area contributed by atoms with Gasteiger partial charge in [-0.2, -0.15) is 5.10 Å². The Labute approximate surface area is 116 Å². The maximum absolute atomic E-state index is 12.2. The van der Waals surface area contributed by atoms with Crippen molar-refractivity contribution in [2.24, 2.45) is 0 Å². The molecule has 3 N–H and O–H groups in total. The number of rotatable bonds is 2. The van der Waals surface area contributed by atoms with Crippen LogP contribution in [0.15, 0.2) is 30.6 Å². The van der Waals surface area contributed by atoms with Crippen molar-refractivity contribution >= 4 is 17.4 Å². The summed E-state index contributed by atoms with van der Waals surface area (Å²) >= 11 is 0. The summed E-state index contributed by atoms with van der Waals surface area (Å²) in [4.78, 5) is 20.3. The molecule has 0 bridgehead atoms. The van der Waals surface area contributed by atoms with Crippen LogP contribution in [0.2, 0.25) is 0 Å². The summed E-state index contributed by atoms with van der Waals surface area (Å²) in [7, 11) is 0. The number of hydrogen-bond acceptors (Lipinski definition) is 5. The van der Waals surface area contributed by atoms with Gasteiger partial charge in [-0.15, -0.1) is 0 Å². The number of pyridine rings is 1. The number of H-pyrrole nitrogens is 1. The van der Waals surface area contributed by atoms with E-state index in [0.29, 0.717) is 24.6 Å². The van der Waals surface area contributed by atoms with Crippen LogP contribution in [0.4, 0.5) is 11.5 Å². The van der Waals surface area contributed by atoms with Gasteiger partial charge in [-0.25, -0.2) is 4.98 Å². The first-order valence-corrected chi connectivity index (χ1v) is 6.49. The molecular weight excluding hydrogens is 256 g/mol. The van der Waals surface area contributed by atoms with E-state index in [2.05, 4.69) is 20.1 Å². The van der Waals surface area contributed by atoms with E-state index in [1.165, 1.54) is 0 Å². The van der Waals surface area contributed by atoms with Gasteiger partial charge in [0.25, 0.3) is 5.91 Å². The van der Waals surface area contributed by atoms with Crippen molar-refractivity contribution in [3.63, 3.8) is 0 Å². The molecule has 7 heteroatoms. The summed E-state index contributed by atoms with van der Waals surface area (Å²) < 4.78 is 0. The normalized spacial score (nSPS) is 15.4. The van der Waals surface area contributed by atoms with Crippen LogP contribution in [0.1, 0.15) is 10.5 Å². The van der Waals surface area contributed by atoms with Crippen molar-refractivity contribution in [2.45, 2.75) is 0 Å². The minimum Gasteiger partial charge on any atom is -0.384 e. The van der Waals surface area contributed by atoms with E-state index in [1.54, 1.807) is 24.5 Å². The van der Waals surface area contributed by atoms with Crippen molar-refractivity contribution in [3.8, 4) is 0 Å². The number of piperazine rings is 1. The molecule has 1 saturated heterocycles. The number of nitrogens with one attached hydrogen (secondary N) is 1. The number of amides is 1. The number of carbonyl (C=O) groups excluding carboxylic acids is 1. The summed E-state index contributed by atoms with van der Waals surface area (Å²) in [5.41, 5.74) is 7.15. The summed E-state index contributed by atoms with van der Waals surface area (Å²) in [6.07, 6.45) is 3.35. The fourth-order valence-electron chi connectivity index (χ4n) is 2.30. The highest BCUT2D eigenvalue weighted by Gasteiger charge is 2.23. The highest BCUT2D eigenvalue weighted by molar-refractivity contribution is 5.92. The summed E-state index contributed by atoms with van der Waals surface area (Å²) in [6, 6.07) is 5.44. The molecule has 1 aliphatic rings. The molecule has 0 atom stereocenters. The molecule has 104 valence electrons. The Morgan fingerprint density at radius 3 is 2.60 bits per heavy atom. The first-order valence-electron chi connectivity index (χ1n) is 6.49. The van der Waals surface area contributed by atoms with Crippen LogP contribution in [0.5, 0.6) is 0 Å². The molecule has 3 rings (SSSR count). The second-order valence-corrected chi connectivity index (χ2v) is 4.69. The van der Waals surface area contributed by atoms with Crippen LogP contribution in [0.3, 0.4) is 0 Å². The highest BCUT2D eigenvalue weighted by Crippen LogP contribution is 2.16. The number of aromatic amines is 1. The lowest BCUT2D eigenvalue weighted by Gasteiger charge is -2.35. The van der Waals surface area contributed by atoms with Gasteiger partial charge in [-0.3, -0.25) is 9.89 Å². The smallest absolute Gasteiger partial charge is 0.271 e. The van der Waals surface area contributed by atoms with Gasteiger partial charge in [0.15, 0.2) is 0 Å². The fraction of sp³-hybridized carbons (Fsp3) is 0.308. The third-order valence-corrected chi connectivity index (χ3v) is 3.43. The van der Waals surface area contributed by atoms with Crippen LogP contribution in [0.25, 0.3) is 0 Å². The lowest BCUT2D eigenvalue weighted by molar-refractivity contribution is 0.0741. The van der Waals surface area contributed by atoms with Crippen LogP contribution >= 0.6 is 0 Å². The van der Waals surface area contributed by atoms with Gasteiger partial charge in [-0.05, 0) is 18.2 Å². The first kappa shape index (κ1) is 12.5. The number of nitrogens with zero attached hydrogens (tertiary/aromatic N) is 4. The van der Waals surface area contributed by atoms with E-state index in [0.717, 1.165) is 18.8 Å². The fourth-order valence-corrected chi connectivity index (χ4v) is 2.30. The standard InChI is InChI=1S/C13H16N6O/c14-12-2-1-10(9-15-12)18-5-7-19(8-6-18)13(20)11-3-4-16-17-11/h1-4,9H,5-8H2,(H2,14,15)(H,16,17). The second kappa shape index (κ2) is 5.20. The van der Waals surface area contributed by atoms with Crippen molar-refractivity contribution in [2.75, 3.05) is 36.8 Å². The molecule has 2 aromatic rings. The van der Waals surface area contributed by atoms with Crippen LogP contribution in [0, 0.1) is 0 Å². The van der Waals surface area contributed by atoms with E-state index < -0.39 is 0 Å². The Hall–Kier alpha value is -2.57. The lowest BCUT2D eigenvalue weighted by atomic mass is 10.2. The zero-order valence-corrected chi connectivity index (χ0v) is 11.0. The van der Waals surface area contributed by atoms with Gasteiger partial charge in [-0.1, -0.05) is 0 Å². The SMILES string of the molecule is Nc1ccc(N2CCN(C(=O)c3ccn[nH]3)CC2)cn1. The maximum Gasteiger partial charge on any atom is 0.271 e. The Bertz CT molecular complexity index is 571. The Morgan fingerprint density at radius 1 is 1.20 bits per heavy atom. The summed E-state index contributed by atoms with van der Waals surface area (Å²) in [5, 5.41) is 6.51. The minimum atomic E-state index is -0.00224. The molecule has 0 radical (unpaired) electrons. The van der Waals surface area contributed by atoms with Crippen molar-refractivity contribution in [1.29, 1.82) is 0 Å². The average molecular weight is 272 g/mol. The van der Waals surface area contributed by atoms with Gasteiger partial charge in [0, 0.05) is 32.4 Å². The third-order valence-electron chi connectivity index (χ3n) is 3.43. The van der Waals surface area contributed by atoms with Gasteiger partial charge < -0.3 is 15.5 Å². The van der Waals surface area contributed by atoms with E-state index in [9.17, 15) is 4.79 Å². The molecule has 1 fully saturated rings. The molecule has 3 heterocycles. The molecule has 0 spiro atoms. The largest absolute Gasteiger partial charge is 0.384 e. The summed E-state index contributed by atoms with van der Waals surface area (Å²) in [6.45, 7) is 2.93. The summed E-state index contributed by atoms with van der Waals surface area (Å²) in [5.74, 6) is 0.513. The predicted molar refractivity (Wildman–Crippen MR) is 75.4 cm³/mol. The number of nitrogen functional groups attached to an aromatic ring is 1. The van der Waals surface area contributed by atoms with Gasteiger partial charge in [0.05, 0.1) is 11.9 Å². The Morgan fingerprint density at radius 2 is 2.00 bits per heavy atom. The molecule has 0 saturated carbocycles. The Balaban J connectivity index is 1.62. The lowest BCUT2D eigenvalue weighted by Crippen LogP contribution is -2.48. The van der Waals surface area contributed by atoms with Crippen molar-refractivity contribution < 1.29 is 4.79 Å². The molecule has 1 amide bonds. The van der Waals surface area contributed by atoms with Gasteiger partial charge in [0.2, 0.25) is 0 Å². The second-order valence-electron chi connectivity index (χ2n) is 4.69. The predicted octanol–water partition coefficient (Wildman–Crippen LogP) is 0.349. The number of carbonyl (C=O) groups is 1. The maximum atomic E-state index is 12.2. The van der Waals surface area contributed by atoms with Crippen LogP contribution in [-0.2, 0) is 0 Å². The van der Waals surface area contributed by atoms with Crippen molar-refractivity contribution in [1.82, 2.24) is 20.1 Å². The quantitative estimate of drug-likeness (QED) is 0.823. The molecule has 20 heavy (non-hydrogen) atoms. The molecule has 0 aliphatic carbocycles. The first-order chi connectivity index (χ1) is 9.74. The van der Waals surface area contributed by atoms with Gasteiger partial charge in [0.1, 0.15) is 11.5 Å². The van der Waals surface area contributed by atoms with E-state index in [4.69, 9.17) is 5.73 Å². The topological polar surface area (TPSA) is 91.1 Å². The molecular formula is C13H16N6O. The van der Waals surface area contributed by atoms with Gasteiger partial charge >= 0.3 is 0 Å². The molecule has 0 aromatic carbocycles. The number of anilines is 2. The van der Waals surface area contributed by atoms with Crippen molar-refractivity contribution in [3.05, 3.63) is 36.3 Å². The third kappa shape index (κ3) is 2.42. The monoisotopic (exact) mass is 272 g/mol. The van der Waals surface area contributed by atoms with E-state index in [1.807, 2.05) is 11.0 Å². The molecule has 7 nitrogen and oxygen atoms in total. The number of nitrogens with two attached hydrogens (primary N) is 1. The van der Waals surface area contributed by atoms with Crippen LogP contribution < -0.4 is 10.6 Å². The molecule has 0 unspecified atom stereocenters. The minimum absolute atomic E-state index is 0.00224. The van der Waals surface area contributed by atoms with E-state index >= 15 is 0 Å². The Kier molecular flexibility index (Phi) is 3.24.